The number of likely N-dealkylation sites (tertiary alicyclic amines) is 1. The van der Waals surface area contributed by atoms with Crippen LogP contribution in [0.1, 0.15) is 36.6 Å². The minimum absolute atomic E-state index is 0.129. The first-order valence-corrected chi connectivity index (χ1v) is 9.95. The number of aryl methyl sites for hydroxylation is 1. The predicted octanol–water partition coefficient (Wildman–Crippen LogP) is 3.15. The fraction of sp³-hybridized carbons (Fsp3) is 0.348. The molecule has 1 N–H and O–H groups in total. The highest BCUT2D eigenvalue weighted by Gasteiger charge is 2.45. The number of carbonyl (C=O) groups is 2. The Labute approximate surface area is 171 Å². The number of Topliss-reactive ketones (excluding diaryl/α,β-unsaturated/α-hetero) is 1. The van der Waals surface area contributed by atoms with Crippen molar-refractivity contribution in [2.24, 2.45) is 0 Å². The molecule has 1 fully saturated rings. The third-order valence-corrected chi connectivity index (χ3v) is 5.44. The van der Waals surface area contributed by atoms with Crippen molar-refractivity contribution in [3.63, 3.8) is 0 Å². The lowest BCUT2D eigenvalue weighted by Crippen LogP contribution is -2.38. The zero-order valence-electron chi connectivity index (χ0n) is 17.1. The summed E-state index contributed by atoms with van der Waals surface area (Å²) in [5.74, 6) is -1.38. The van der Waals surface area contributed by atoms with Crippen LogP contribution in [0.15, 0.2) is 54.4 Å². The number of likely N-dealkylation sites (N-methyl/N-ethyl adjacent to an activating group) is 1. The summed E-state index contributed by atoms with van der Waals surface area (Å²) < 4.78 is 0. The van der Waals surface area contributed by atoms with E-state index >= 15 is 0 Å². The van der Waals surface area contributed by atoms with Crippen LogP contribution in [0.25, 0.3) is 5.76 Å². The highest BCUT2D eigenvalue weighted by Crippen LogP contribution is 2.39. The van der Waals surface area contributed by atoms with Crippen LogP contribution >= 0.6 is 0 Å². The van der Waals surface area contributed by atoms with Gasteiger partial charge in [0, 0.05) is 31.0 Å². The van der Waals surface area contributed by atoms with Crippen LogP contribution in [0.5, 0.6) is 0 Å². The lowest BCUT2D eigenvalue weighted by Gasteiger charge is -2.28. The van der Waals surface area contributed by atoms with Gasteiger partial charge in [0.05, 0.1) is 11.6 Å². The summed E-state index contributed by atoms with van der Waals surface area (Å²) in [6, 6.07) is 10.4. The Kier molecular flexibility index (Phi) is 6.44. The van der Waals surface area contributed by atoms with Crippen LogP contribution in [-0.2, 0) is 9.59 Å². The quantitative estimate of drug-likeness (QED) is 0.444. The molecule has 1 aromatic heterocycles. The molecule has 1 unspecified atom stereocenters. The van der Waals surface area contributed by atoms with Gasteiger partial charge in [-0.25, -0.2) is 0 Å². The minimum Gasteiger partial charge on any atom is -0.507 e. The van der Waals surface area contributed by atoms with E-state index in [1.165, 1.54) is 0 Å². The number of ketones is 1. The maximum Gasteiger partial charge on any atom is 0.295 e. The van der Waals surface area contributed by atoms with Gasteiger partial charge in [0.2, 0.25) is 0 Å². The maximum atomic E-state index is 12.9. The van der Waals surface area contributed by atoms with Crippen molar-refractivity contribution in [2.75, 3.05) is 26.2 Å². The number of hydrogen-bond donors (Lipinski definition) is 1. The van der Waals surface area contributed by atoms with Crippen LogP contribution in [0.4, 0.5) is 0 Å². The van der Waals surface area contributed by atoms with Gasteiger partial charge in [-0.3, -0.25) is 14.6 Å². The highest BCUT2D eigenvalue weighted by molar-refractivity contribution is 6.46. The van der Waals surface area contributed by atoms with Crippen molar-refractivity contribution >= 4 is 17.4 Å². The summed E-state index contributed by atoms with van der Waals surface area (Å²) >= 11 is 0. The van der Waals surface area contributed by atoms with Gasteiger partial charge < -0.3 is 14.9 Å². The van der Waals surface area contributed by atoms with Crippen molar-refractivity contribution in [2.45, 2.75) is 26.8 Å². The van der Waals surface area contributed by atoms with Gasteiger partial charge in [0.15, 0.2) is 0 Å². The molecule has 2 heterocycles. The number of aliphatic hydroxyl groups excluding tert-OH is 1. The number of aromatic nitrogens is 1. The number of rotatable bonds is 7. The van der Waals surface area contributed by atoms with Gasteiger partial charge >= 0.3 is 0 Å². The lowest BCUT2D eigenvalue weighted by molar-refractivity contribution is -0.140. The second kappa shape index (κ2) is 9.01. The van der Waals surface area contributed by atoms with E-state index in [4.69, 9.17) is 0 Å². The molecule has 6 heteroatoms. The van der Waals surface area contributed by atoms with Crippen molar-refractivity contribution in [3.8, 4) is 0 Å². The Morgan fingerprint density at radius 1 is 1.07 bits per heavy atom. The fourth-order valence-electron chi connectivity index (χ4n) is 3.66. The average molecular weight is 393 g/mol. The van der Waals surface area contributed by atoms with Gasteiger partial charge in [-0.15, -0.1) is 0 Å². The number of nitrogens with zero attached hydrogens (tertiary/aromatic N) is 3. The van der Waals surface area contributed by atoms with E-state index in [-0.39, 0.29) is 11.3 Å². The van der Waals surface area contributed by atoms with Crippen molar-refractivity contribution in [1.82, 2.24) is 14.8 Å². The molecule has 1 atom stereocenters. The van der Waals surface area contributed by atoms with Crippen LogP contribution < -0.4 is 0 Å². The Morgan fingerprint density at radius 2 is 1.69 bits per heavy atom. The third-order valence-electron chi connectivity index (χ3n) is 5.44. The molecule has 0 saturated carbocycles. The van der Waals surface area contributed by atoms with Crippen LogP contribution in [0.3, 0.4) is 0 Å². The van der Waals surface area contributed by atoms with Crippen LogP contribution in [0, 0.1) is 6.92 Å². The van der Waals surface area contributed by atoms with Crippen molar-refractivity contribution < 1.29 is 14.7 Å². The molecule has 0 bridgehead atoms. The maximum absolute atomic E-state index is 12.9. The minimum atomic E-state index is -0.649. The first-order chi connectivity index (χ1) is 14.0. The molecule has 1 amide bonds. The van der Waals surface area contributed by atoms with E-state index in [9.17, 15) is 14.7 Å². The molecule has 1 aliphatic heterocycles. The first kappa shape index (κ1) is 20.7. The van der Waals surface area contributed by atoms with E-state index in [2.05, 4.69) is 23.7 Å². The third kappa shape index (κ3) is 4.22. The summed E-state index contributed by atoms with van der Waals surface area (Å²) in [4.78, 5) is 33.6. The molecular weight excluding hydrogens is 366 g/mol. The highest BCUT2D eigenvalue weighted by atomic mass is 16.3. The fourth-order valence-corrected chi connectivity index (χ4v) is 3.66. The average Bonchev–Trinajstić information content (AvgIpc) is 3.00. The molecule has 29 heavy (non-hydrogen) atoms. The van der Waals surface area contributed by atoms with Crippen molar-refractivity contribution in [3.05, 3.63) is 71.1 Å². The van der Waals surface area contributed by atoms with E-state index in [0.29, 0.717) is 18.7 Å². The number of pyridine rings is 1. The number of hydrogen-bond acceptors (Lipinski definition) is 5. The topological polar surface area (TPSA) is 73.7 Å². The number of amides is 1. The van der Waals surface area contributed by atoms with E-state index in [1.54, 1.807) is 29.4 Å². The molecular formula is C23H27N3O3. The van der Waals surface area contributed by atoms with Crippen LogP contribution in [0.2, 0.25) is 0 Å². The first-order valence-electron chi connectivity index (χ1n) is 9.95. The van der Waals surface area contributed by atoms with Crippen molar-refractivity contribution in [1.29, 1.82) is 0 Å². The zero-order chi connectivity index (χ0) is 21.0. The molecule has 152 valence electrons. The molecule has 3 rings (SSSR count). The lowest BCUT2D eigenvalue weighted by atomic mass is 9.95. The summed E-state index contributed by atoms with van der Waals surface area (Å²) in [6.07, 6.45) is 3.10. The van der Waals surface area contributed by atoms with Crippen LogP contribution in [-0.4, -0.2) is 57.8 Å². The summed E-state index contributed by atoms with van der Waals surface area (Å²) in [7, 11) is 0. The molecule has 2 aromatic rings. The molecule has 0 aliphatic carbocycles. The van der Waals surface area contributed by atoms with Gasteiger partial charge in [0.1, 0.15) is 5.76 Å². The van der Waals surface area contributed by atoms with E-state index in [0.717, 1.165) is 24.2 Å². The van der Waals surface area contributed by atoms with Gasteiger partial charge in [0.25, 0.3) is 11.7 Å². The summed E-state index contributed by atoms with van der Waals surface area (Å²) in [5, 5.41) is 10.9. The predicted molar refractivity (Wildman–Crippen MR) is 112 cm³/mol. The molecule has 6 nitrogen and oxygen atoms in total. The number of carbonyl (C=O) groups excluding carboxylic acids is 2. The Morgan fingerprint density at radius 3 is 2.28 bits per heavy atom. The molecule has 1 aromatic carbocycles. The normalized spacial score (nSPS) is 18.6. The standard InChI is InChI=1S/C23H27N3O3/c1-4-25(5-2)14-15-26-20(17-8-6-16(3)7-9-17)19(22(28)23(26)29)21(27)18-10-12-24-13-11-18/h6-13,20,27H,4-5,14-15H2,1-3H3/b21-19+. The Balaban J connectivity index is 2.07. The summed E-state index contributed by atoms with van der Waals surface area (Å²) in [6.45, 7) is 8.93. The number of aliphatic hydroxyl groups is 1. The van der Waals surface area contributed by atoms with E-state index < -0.39 is 17.7 Å². The smallest absolute Gasteiger partial charge is 0.295 e. The summed E-state index contributed by atoms with van der Waals surface area (Å²) in [5.41, 5.74) is 2.50. The number of benzene rings is 1. The molecule has 1 saturated heterocycles. The van der Waals surface area contributed by atoms with E-state index in [1.807, 2.05) is 31.2 Å². The Bertz CT molecular complexity index is 903. The van der Waals surface area contributed by atoms with Gasteiger partial charge in [-0.05, 0) is 37.7 Å². The van der Waals surface area contributed by atoms with Gasteiger partial charge in [-0.2, -0.15) is 0 Å². The largest absolute Gasteiger partial charge is 0.507 e. The SMILES string of the molecule is CCN(CC)CCN1C(=O)C(=O)/C(=C(/O)c2ccncc2)C1c1ccc(C)cc1. The monoisotopic (exact) mass is 393 g/mol. The second-order valence-electron chi connectivity index (χ2n) is 7.17. The second-order valence-corrected chi connectivity index (χ2v) is 7.17. The molecule has 1 aliphatic rings. The van der Waals surface area contributed by atoms with Gasteiger partial charge in [-0.1, -0.05) is 43.7 Å². The Hall–Kier alpha value is -2.99. The molecule has 0 radical (unpaired) electrons. The molecule has 0 spiro atoms. The zero-order valence-corrected chi connectivity index (χ0v) is 17.1.